The average molecular weight is 228 g/mol. The number of aliphatic hydroxyl groups is 1. The summed E-state index contributed by atoms with van der Waals surface area (Å²) in [6.45, 7) is -0.0281. The van der Waals surface area contributed by atoms with Crippen LogP contribution in [-0.2, 0) is 6.61 Å². The molecule has 0 radical (unpaired) electrons. The zero-order valence-electron chi connectivity index (χ0n) is 7.58. The van der Waals surface area contributed by atoms with Crippen LogP contribution in [0.1, 0.15) is 5.56 Å². The maximum absolute atomic E-state index is 13.4. The third-order valence-corrected chi connectivity index (χ3v) is 4.49. The van der Waals surface area contributed by atoms with Crippen LogP contribution in [0.5, 0.6) is 0 Å². The maximum atomic E-state index is 13.4. The Morgan fingerprint density at radius 2 is 2.29 bits per heavy atom. The molecule has 1 nitrogen and oxygen atoms in total. The van der Waals surface area contributed by atoms with E-state index < -0.39 is 0 Å². The molecule has 0 atom stereocenters. The highest BCUT2D eigenvalue weighted by Gasteiger charge is 2.12. The molecule has 74 valence electrons. The Labute approximate surface area is 89.6 Å². The quantitative estimate of drug-likeness (QED) is 0.796. The molecule has 0 unspecified atom stereocenters. The minimum Gasteiger partial charge on any atom is -0.392 e. The van der Waals surface area contributed by atoms with Gasteiger partial charge in [-0.05, 0) is 12.3 Å². The number of thiophene rings is 1. The Kier molecular flexibility index (Phi) is 2.76. The number of thioether (sulfide) groups is 1. The van der Waals surface area contributed by atoms with Crippen molar-refractivity contribution in [2.75, 3.05) is 6.26 Å². The Morgan fingerprint density at radius 1 is 1.50 bits per heavy atom. The summed E-state index contributed by atoms with van der Waals surface area (Å²) in [6, 6.07) is 4.97. The second-order valence-corrected chi connectivity index (χ2v) is 4.94. The largest absolute Gasteiger partial charge is 0.392 e. The van der Waals surface area contributed by atoms with Crippen LogP contribution < -0.4 is 0 Å². The van der Waals surface area contributed by atoms with Crippen LogP contribution in [0.25, 0.3) is 10.1 Å². The van der Waals surface area contributed by atoms with Gasteiger partial charge in [0.1, 0.15) is 5.82 Å². The standard InChI is InChI=1S/C10H9FOS2/c1-13-10-7(5-12)6-3-2-4-8(11)9(6)14-10/h2-4,12H,5H2,1H3. The van der Waals surface area contributed by atoms with Gasteiger partial charge in [-0.2, -0.15) is 0 Å². The van der Waals surface area contributed by atoms with Crippen LogP contribution in [0.3, 0.4) is 0 Å². The molecule has 0 aliphatic heterocycles. The SMILES string of the molecule is CSc1sc2c(F)cccc2c1CO. The lowest BCUT2D eigenvalue weighted by Gasteiger charge is -1.96. The first-order chi connectivity index (χ1) is 6.77. The van der Waals surface area contributed by atoms with Crippen LogP contribution in [0.2, 0.25) is 0 Å². The van der Waals surface area contributed by atoms with Crippen molar-refractivity contribution in [3.05, 3.63) is 29.6 Å². The highest BCUT2D eigenvalue weighted by molar-refractivity contribution is 8.00. The van der Waals surface area contributed by atoms with E-state index in [0.29, 0.717) is 4.70 Å². The van der Waals surface area contributed by atoms with Crippen molar-refractivity contribution in [2.45, 2.75) is 10.8 Å². The summed E-state index contributed by atoms with van der Waals surface area (Å²) in [6.07, 6.45) is 1.93. The van der Waals surface area contributed by atoms with Gasteiger partial charge in [-0.25, -0.2) is 4.39 Å². The van der Waals surface area contributed by atoms with Gasteiger partial charge < -0.3 is 5.11 Å². The summed E-state index contributed by atoms with van der Waals surface area (Å²) in [5.41, 5.74) is 0.844. The summed E-state index contributed by atoms with van der Waals surface area (Å²) >= 11 is 2.95. The van der Waals surface area contributed by atoms with Crippen molar-refractivity contribution >= 4 is 33.2 Å². The molecule has 4 heteroatoms. The van der Waals surface area contributed by atoms with E-state index in [2.05, 4.69) is 0 Å². The molecule has 2 rings (SSSR count). The second-order valence-electron chi connectivity index (χ2n) is 2.85. The van der Waals surface area contributed by atoms with Crippen LogP contribution in [0.15, 0.2) is 22.4 Å². The van der Waals surface area contributed by atoms with Crippen molar-refractivity contribution in [1.82, 2.24) is 0 Å². The molecule has 1 aromatic heterocycles. The van der Waals surface area contributed by atoms with Gasteiger partial charge in [0, 0.05) is 10.9 Å². The molecular weight excluding hydrogens is 219 g/mol. The first-order valence-corrected chi connectivity index (χ1v) is 6.16. The van der Waals surface area contributed by atoms with Crippen molar-refractivity contribution in [3.8, 4) is 0 Å². The summed E-state index contributed by atoms with van der Waals surface area (Å²) in [5, 5.41) is 10.0. The first kappa shape index (κ1) is 9.96. The van der Waals surface area contributed by atoms with Crippen LogP contribution in [0.4, 0.5) is 4.39 Å². The second kappa shape index (κ2) is 3.88. The van der Waals surface area contributed by atoms with E-state index in [1.54, 1.807) is 17.8 Å². The molecule has 1 heterocycles. The van der Waals surface area contributed by atoms with Crippen molar-refractivity contribution in [2.24, 2.45) is 0 Å². The molecule has 14 heavy (non-hydrogen) atoms. The van der Waals surface area contributed by atoms with E-state index in [-0.39, 0.29) is 12.4 Å². The fraction of sp³-hybridized carbons (Fsp3) is 0.200. The predicted molar refractivity (Wildman–Crippen MR) is 59.5 cm³/mol. The number of halogens is 1. The average Bonchev–Trinajstić information content (AvgIpc) is 2.57. The minimum atomic E-state index is -0.206. The van der Waals surface area contributed by atoms with Crippen LogP contribution in [-0.4, -0.2) is 11.4 Å². The first-order valence-electron chi connectivity index (χ1n) is 4.12. The molecule has 1 aromatic carbocycles. The van der Waals surface area contributed by atoms with E-state index in [9.17, 15) is 9.50 Å². The lowest BCUT2D eigenvalue weighted by Crippen LogP contribution is -1.82. The summed E-state index contributed by atoms with van der Waals surface area (Å²) in [4.78, 5) is 0. The highest BCUT2D eigenvalue weighted by Crippen LogP contribution is 2.38. The van der Waals surface area contributed by atoms with Gasteiger partial charge in [-0.1, -0.05) is 12.1 Å². The smallest absolute Gasteiger partial charge is 0.141 e. The van der Waals surface area contributed by atoms with E-state index in [4.69, 9.17) is 0 Å². The van der Waals surface area contributed by atoms with Crippen molar-refractivity contribution < 1.29 is 9.50 Å². The lowest BCUT2D eigenvalue weighted by atomic mass is 10.2. The van der Waals surface area contributed by atoms with Gasteiger partial charge in [0.2, 0.25) is 0 Å². The molecule has 0 aliphatic carbocycles. The fourth-order valence-electron chi connectivity index (χ4n) is 1.43. The molecule has 0 spiro atoms. The van der Waals surface area contributed by atoms with E-state index in [0.717, 1.165) is 15.2 Å². The third-order valence-electron chi connectivity index (χ3n) is 2.08. The van der Waals surface area contributed by atoms with Gasteiger partial charge in [0.15, 0.2) is 0 Å². The van der Waals surface area contributed by atoms with E-state index in [1.165, 1.54) is 17.4 Å². The van der Waals surface area contributed by atoms with Gasteiger partial charge >= 0.3 is 0 Å². The van der Waals surface area contributed by atoms with Crippen molar-refractivity contribution in [1.29, 1.82) is 0 Å². The summed E-state index contributed by atoms with van der Waals surface area (Å²) < 4.78 is 15.0. The molecule has 0 saturated carbocycles. The zero-order chi connectivity index (χ0) is 10.1. The van der Waals surface area contributed by atoms with Crippen molar-refractivity contribution in [3.63, 3.8) is 0 Å². The normalized spacial score (nSPS) is 11.1. The zero-order valence-corrected chi connectivity index (χ0v) is 9.21. The molecule has 0 amide bonds. The molecule has 2 aromatic rings. The van der Waals surface area contributed by atoms with Gasteiger partial charge in [0.25, 0.3) is 0 Å². The molecule has 0 saturated heterocycles. The number of fused-ring (bicyclic) bond motifs is 1. The molecule has 0 aliphatic rings. The molecule has 1 N–H and O–H groups in total. The van der Waals surface area contributed by atoms with E-state index >= 15 is 0 Å². The Hall–Kier alpha value is -0.580. The molecule has 0 bridgehead atoms. The number of rotatable bonds is 2. The van der Waals surface area contributed by atoms with Gasteiger partial charge in [-0.15, -0.1) is 23.1 Å². The lowest BCUT2D eigenvalue weighted by molar-refractivity contribution is 0.281. The van der Waals surface area contributed by atoms with Gasteiger partial charge in [-0.3, -0.25) is 0 Å². The Balaban J connectivity index is 2.79. The van der Waals surface area contributed by atoms with E-state index in [1.807, 2.05) is 12.3 Å². The topological polar surface area (TPSA) is 20.2 Å². The van der Waals surface area contributed by atoms with Gasteiger partial charge in [0.05, 0.1) is 15.5 Å². The third kappa shape index (κ3) is 1.43. The predicted octanol–water partition coefficient (Wildman–Crippen LogP) is 3.25. The fourth-order valence-corrected chi connectivity index (χ4v) is 3.38. The number of hydrogen-bond donors (Lipinski definition) is 1. The highest BCUT2D eigenvalue weighted by atomic mass is 32.2. The van der Waals surface area contributed by atoms with Crippen LogP contribution >= 0.6 is 23.1 Å². The summed E-state index contributed by atoms with van der Waals surface area (Å²) in [7, 11) is 0. The number of hydrogen-bond acceptors (Lipinski definition) is 3. The number of benzene rings is 1. The molecular formula is C10H9FOS2. The summed E-state index contributed by atoms with van der Waals surface area (Å²) in [5.74, 6) is -0.206. The Morgan fingerprint density at radius 3 is 2.93 bits per heavy atom. The monoisotopic (exact) mass is 228 g/mol. The number of aliphatic hydroxyl groups excluding tert-OH is 1. The van der Waals surface area contributed by atoms with Crippen LogP contribution in [0, 0.1) is 5.82 Å². The Bertz CT molecular complexity index is 464. The maximum Gasteiger partial charge on any atom is 0.141 e. The minimum absolute atomic E-state index is 0.0281. The molecule has 0 fully saturated rings.